The van der Waals surface area contributed by atoms with Crippen LogP contribution in [0.1, 0.15) is 47.2 Å². The van der Waals surface area contributed by atoms with E-state index in [1.165, 1.54) is 11.3 Å². The van der Waals surface area contributed by atoms with Crippen LogP contribution < -0.4 is 0 Å². The van der Waals surface area contributed by atoms with Crippen molar-refractivity contribution < 1.29 is 14.0 Å². The van der Waals surface area contributed by atoms with Gasteiger partial charge in [-0.2, -0.15) is 0 Å². The normalized spacial score (nSPS) is 17.5. The number of hydrogen-bond acceptors (Lipinski definition) is 5. The molecule has 0 aliphatic carbocycles. The quantitative estimate of drug-likeness (QED) is 0.631. The number of piperidine rings is 1. The summed E-state index contributed by atoms with van der Waals surface area (Å²) < 4.78 is 5.88. The van der Waals surface area contributed by atoms with Gasteiger partial charge in [-0.3, -0.25) is 9.59 Å². The summed E-state index contributed by atoms with van der Waals surface area (Å²) in [4.78, 5) is 31.8. The lowest BCUT2D eigenvalue weighted by molar-refractivity contribution is -0.132. The monoisotopic (exact) mass is 368 g/mol. The van der Waals surface area contributed by atoms with Gasteiger partial charge in [0.15, 0.2) is 17.3 Å². The van der Waals surface area contributed by atoms with Crippen molar-refractivity contribution in [1.82, 2.24) is 9.88 Å². The van der Waals surface area contributed by atoms with Crippen LogP contribution in [0.5, 0.6) is 0 Å². The van der Waals surface area contributed by atoms with Crippen molar-refractivity contribution in [2.75, 3.05) is 13.1 Å². The highest BCUT2D eigenvalue weighted by Crippen LogP contribution is 2.29. The lowest BCUT2D eigenvalue weighted by Crippen LogP contribution is -2.39. The third kappa shape index (κ3) is 3.55. The second-order valence-corrected chi connectivity index (χ2v) is 7.55. The molecule has 134 valence electrons. The SMILES string of the molecule is O=C(CCC(=O)N1CCCC(c2nc3ccccc3o2)C1)c1cccs1. The lowest BCUT2D eigenvalue weighted by Gasteiger charge is -2.31. The molecule has 4 rings (SSSR count). The number of Topliss-reactive ketones (excluding diaryl/α,β-unsaturated/α-hetero) is 1. The highest BCUT2D eigenvalue weighted by Gasteiger charge is 2.28. The Labute approximate surface area is 155 Å². The maximum atomic E-state index is 12.5. The van der Waals surface area contributed by atoms with Gasteiger partial charge in [-0.1, -0.05) is 18.2 Å². The number of likely N-dealkylation sites (tertiary alicyclic amines) is 1. The van der Waals surface area contributed by atoms with Gasteiger partial charge in [-0.05, 0) is 36.4 Å². The van der Waals surface area contributed by atoms with Gasteiger partial charge in [-0.15, -0.1) is 11.3 Å². The Kier molecular flexibility index (Phi) is 4.84. The number of aromatic nitrogens is 1. The summed E-state index contributed by atoms with van der Waals surface area (Å²) in [6.45, 7) is 1.35. The fraction of sp³-hybridized carbons (Fsp3) is 0.350. The molecule has 26 heavy (non-hydrogen) atoms. The van der Waals surface area contributed by atoms with Crippen molar-refractivity contribution >= 4 is 34.1 Å². The van der Waals surface area contributed by atoms with Crippen molar-refractivity contribution in [2.24, 2.45) is 0 Å². The first-order valence-corrected chi connectivity index (χ1v) is 9.78. The summed E-state index contributed by atoms with van der Waals surface area (Å²) >= 11 is 1.42. The van der Waals surface area contributed by atoms with Crippen LogP contribution in [-0.2, 0) is 4.79 Å². The molecule has 0 saturated carbocycles. The Morgan fingerprint density at radius 1 is 1.19 bits per heavy atom. The first-order valence-electron chi connectivity index (χ1n) is 8.90. The maximum absolute atomic E-state index is 12.5. The van der Waals surface area contributed by atoms with Gasteiger partial charge in [-0.25, -0.2) is 4.98 Å². The third-order valence-corrected chi connectivity index (χ3v) is 5.71. The van der Waals surface area contributed by atoms with Crippen LogP contribution in [0.25, 0.3) is 11.1 Å². The molecule has 0 N–H and O–H groups in total. The first kappa shape index (κ1) is 17.0. The molecule has 6 heteroatoms. The van der Waals surface area contributed by atoms with Crippen molar-refractivity contribution in [2.45, 2.75) is 31.6 Å². The number of benzene rings is 1. The second-order valence-electron chi connectivity index (χ2n) is 6.60. The number of carbonyl (C=O) groups is 2. The number of nitrogens with zero attached hydrogens (tertiary/aromatic N) is 2. The molecule has 3 aromatic rings. The van der Waals surface area contributed by atoms with Gasteiger partial charge in [0.25, 0.3) is 0 Å². The largest absolute Gasteiger partial charge is 0.440 e. The number of oxazole rings is 1. The van der Waals surface area contributed by atoms with Crippen LogP contribution in [-0.4, -0.2) is 34.7 Å². The summed E-state index contributed by atoms with van der Waals surface area (Å²) in [5.41, 5.74) is 1.64. The Morgan fingerprint density at radius 2 is 2.08 bits per heavy atom. The molecule has 5 nitrogen and oxygen atoms in total. The number of carbonyl (C=O) groups excluding carboxylic acids is 2. The lowest BCUT2D eigenvalue weighted by atomic mass is 9.97. The van der Waals surface area contributed by atoms with Gasteiger partial charge in [0.2, 0.25) is 5.91 Å². The van der Waals surface area contributed by atoms with E-state index >= 15 is 0 Å². The van der Waals surface area contributed by atoms with E-state index in [1.54, 1.807) is 0 Å². The molecule has 1 fully saturated rings. The predicted octanol–water partition coefficient (Wildman–Crippen LogP) is 4.26. The van der Waals surface area contributed by atoms with Crippen molar-refractivity contribution in [3.63, 3.8) is 0 Å². The molecular weight excluding hydrogens is 348 g/mol. The van der Waals surface area contributed by atoms with Crippen LogP contribution in [0.2, 0.25) is 0 Å². The molecule has 1 aliphatic rings. The van der Waals surface area contributed by atoms with Crippen LogP contribution >= 0.6 is 11.3 Å². The van der Waals surface area contributed by atoms with Crippen LogP contribution in [0.4, 0.5) is 0 Å². The molecule has 3 heterocycles. The number of thiophene rings is 1. The van der Waals surface area contributed by atoms with E-state index in [1.807, 2.05) is 46.7 Å². The fourth-order valence-corrected chi connectivity index (χ4v) is 4.10. The number of hydrogen-bond donors (Lipinski definition) is 0. The Bertz CT molecular complexity index is 883. The molecule has 0 radical (unpaired) electrons. The molecule has 1 amide bonds. The Hall–Kier alpha value is -2.47. The highest BCUT2D eigenvalue weighted by molar-refractivity contribution is 7.12. The number of rotatable bonds is 5. The highest BCUT2D eigenvalue weighted by atomic mass is 32.1. The van der Waals surface area contributed by atoms with Crippen LogP contribution in [0.15, 0.2) is 46.2 Å². The molecular formula is C20H20N2O3S. The predicted molar refractivity (Wildman–Crippen MR) is 100 cm³/mol. The number of amides is 1. The van der Waals surface area contributed by atoms with E-state index in [2.05, 4.69) is 4.98 Å². The van der Waals surface area contributed by atoms with Gasteiger partial charge in [0, 0.05) is 25.9 Å². The van der Waals surface area contributed by atoms with Gasteiger partial charge in [0.05, 0.1) is 10.8 Å². The minimum atomic E-state index is 0.0377. The average molecular weight is 368 g/mol. The van der Waals surface area contributed by atoms with Crippen molar-refractivity contribution in [3.8, 4) is 0 Å². The molecule has 1 unspecified atom stereocenters. The zero-order valence-corrected chi connectivity index (χ0v) is 15.2. The summed E-state index contributed by atoms with van der Waals surface area (Å²) in [6.07, 6.45) is 2.42. The minimum Gasteiger partial charge on any atom is -0.440 e. The van der Waals surface area contributed by atoms with E-state index in [9.17, 15) is 9.59 Å². The van der Waals surface area contributed by atoms with Crippen LogP contribution in [0, 0.1) is 0 Å². The maximum Gasteiger partial charge on any atom is 0.223 e. The molecule has 1 saturated heterocycles. The molecule has 0 spiro atoms. The first-order chi connectivity index (χ1) is 12.7. The third-order valence-electron chi connectivity index (χ3n) is 4.80. The van der Waals surface area contributed by atoms with E-state index in [0.29, 0.717) is 12.4 Å². The Balaban J connectivity index is 1.38. The summed E-state index contributed by atoms with van der Waals surface area (Å²) in [5, 5.41) is 1.88. The smallest absolute Gasteiger partial charge is 0.223 e. The molecule has 1 aliphatic heterocycles. The van der Waals surface area contributed by atoms with Gasteiger partial charge in [0.1, 0.15) is 5.52 Å². The summed E-state index contributed by atoms with van der Waals surface area (Å²) in [5.74, 6) is 0.906. The fourth-order valence-electron chi connectivity index (χ4n) is 3.41. The molecule has 2 aromatic heterocycles. The molecule has 1 atom stereocenters. The standard InChI is InChI=1S/C20H20N2O3S/c23-16(18-8-4-12-26-18)9-10-19(24)22-11-3-5-14(13-22)20-21-15-6-1-2-7-17(15)25-20/h1-2,4,6-8,12,14H,3,5,9-11,13H2. The summed E-state index contributed by atoms with van der Waals surface area (Å²) in [6, 6.07) is 11.4. The molecule has 1 aromatic carbocycles. The number of fused-ring (bicyclic) bond motifs is 1. The van der Waals surface area contributed by atoms with E-state index < -0.39 is 0 Å². The van der Waals surface area contributed by atoms with Crippen LogP contribution in [0.3, 0.4) is 0 Å². The zero-order chi connectivity index (χ0) is 17.9. The topological polar surface area (TPSA) is 63.4 Å². The second kappa shape index (κ2) is 7.41. The molecule has 0 bridgehead atoms. The summed E-state index contributed by atoms with van der Waals surface area (Å²) in [7, 11) is 0. The van der Waals surface area contributed by atoms with Gasteiger partial charge >= 0.3 is 0 Å². The number of ketones is 1. The van der Waals surface area contributed by atoms with Gasteiger partial charge < -0.3 is 9.32 Å². The van der Waals surface area contributed by atoms with E-state index in [0.717, 1.165) is 35.4 Å². The number of para-hydroxylation sites is 2. The van der Waals surface area contributed by atoms with Crippen molar-refractivity contribution in [3.05, 3.63) is 52.5 Å². The van der Waals surface area contributed by atoms with Crippen molar-refractivity contribution in [1.29, 1.82) is 0 Å². The Morgan fingerprint density at radius 3 is 2.88 bits per heavy atom. The average Bonchev–Trinajstić information content (AvgIpc) is 3.35. The van der Waals surface area contributed by atoms with E-state index in [-0.39, 0.29) is 30.4 Å². The minimum absolute atomic E-state index is 0.0377. The zero-order valence-electron chi connectivity index (χ0n) is 14.4. The van der Waals surface area contributed by atoms with E-state index in [4.69, 9.17) is 4.42 Å².